The average Bonchev–Trinajstić information content (AvgIpc) is 2.68. The second-order valence-electron chi connectivity index (χ2n) is 5.82. The monoisotopic (exact) mass is 391 g/mol. The highest BCUT2D eigenvalue weighted by Crippen LogP contribution is 2.30. The zero-order valence-corrected chi connectivity index (χ0v) is 15.8. The van der Waals surface area contributed by atoms with E-state index >= 15 is 0 Å². The Hall–Kier alpha value is -2.27. The second kappa shape index (κ2) is 7.54. The fraction of sp³-hybridized carbons (Fsp3) is 0.278. The smallest absolute Gasteiger partial charge is 0.244 e. The Morgan fingerprint density at radius 1 is 1.12 bits per heavy atom. The topological polar surface area (TPSA) is 73.6 Å². The molecule has 3 rings (SSSR count). The Morgan fingerprint density at radius 2 is 1.81 bits per heavy atom. The lowest BCUT2D eigenvalue weighted by Crippen LogP contribution is -2.48. The molecule has 0 amide bonds. The number of hydrogen-bond acceptors (Lipinski definition) is 5. The summed E-state index contributed by atoms with van der Waals surface area (Å²) >= 11 is 5.94. The normalized spacial score (nSPS) is 15.5. The predicted molar refractivity (Wildman–Crippen MR) is 100 cm³/mol. The van der Waals surface area contributed by atoms with Gasteiger partial charge in [0.2, 0.25) is 10.0 Å². The maximum atomic E-state index is 13.0. The van der Waals surface area contributed by atoms with Crippen LogP contribution >= 0.6 is 11.6 Å². The standard InChI is InChI=1S/C18H18ClN3O3S/c1-25-17-5-3-2-4-16(17)21-8-10-22(11-9-21)26(23,24)18-12-15(19)7-6-14(18)13-20/h2-7,12H,8-11H2,1H3. The molecule has 0 N–H and O–H groups in total. The molecule has 0 spiro atoms. The summed E-state index contributed by atoms with van der Waals surface area (Å²) in [5.74, 6) is 0.755. The highest BCUT2D eigenvalue weighted by Gasteiger charge is 2.31. The van der Waals surface area contributed by atoms with Crippen molar-refractivity contribution >= 4 is 27.3 Å². The third kappa shape index (κ3) is 3.49. The van der Waals surface area contributed by atoms with Crippen molar-refractivity contribution in [1.29, 1.82) is 5.26 Å². The van der Waals surface area contributed by atoms with E-state index in [9.17, 15) is 13.7 Å². The first kappa shape index (κ1) is 18.5. The molecule has 8 heteroatoms. The van der Waals surface area contributed by atoms with Gasteiger partial charge in [0, 0.05) is 31.2 Å². The lowest BCUT2D eigenvalue weighted by atomic mass is 10.2. The molecule has 2 aromatic rings. The van der Waals surface area contributed by atoms with Crippen LogP contribution in [0.4, 0.5) is 5.69 Å². The Kier molecular flexibility index (Phi) is 5.37. The number of para-hydroxylation sites is 2. The molecule has 1 heterocycles. The average molecular weight is 392 g/mol. The minimum Gasteiger partial charge on any atom is -0.495 e. The molecule has 2 aromatic carbocycles. The van der Waals surface area contributed by atoms with Crippen LogP contribution in [0.1, 0.15) is 5.56 Å². The van der Waals surface area contributed by atoms with E-state index in [0.29, 0.717) is 26.2 Å². The van der Waals surface area contributed by atoms with E-state index in [2.05, 4.69) is 4.90 Å². The SMILES string of the molecule is COc1ccccc1N1CCN(S(=O)(=O)c2cc(Cl)ccc2C#N)CC1. The van der Waals surface area contributed by atoms with Crippen molar-refractivity contribution in [3.05, 3.63) is 53.1 Å². The van der Waals surface area contributed by atoms with Crippen LogP contribution in [0.5, 0.6) is 5.75 Å². The molecule has 1 fully saturated rings. The third-order valence-corrected chi connectivity index (χ3v) is 6.52. The molecule has 0 unspecified atom stereocenters. The minimum atomic E-state index is -3.78. The van der Waals surface area contributed by atoms with E-state index in [-0.39, 0.29) is 15.5 Å². The number of ether oxygens (including phenoxy) is 1. The first-order valence-corrected chi connectivity index (χ1v) is 9.87. The maximum absolute atomic E-state index is 13.0. The molecule has 26 heavy (non-hydrogen) atoms. The van der Waals surface area contributed by atoms with Gasteiger partial charge in [0.25, 0.3) is 0 Å². The van der Waals surface area contributed by atoms with Gasteiger partial charge in [0.05, 0.1) is 18.4 Å². The lowest BCUT2D eigenvalue weighted by molar-refractivity contribution is 0.378. The molecule has 1 aliphatic heterocycles. The molecule has 1 aliphatic rings. The van der Waals surface area contributed by atoms with Crippen LogP contribution in [0.25, 0.3) is 0 Å². The Morgan fingerprint density at radius 3 is 2.46 bits per heavy atom. The fourth-order valence-corrected chi connectivity index (χ4v) is 4.83. The van der Waals surface area contributed by atoms with Gasteiger partial charge in [-0.05, 0) is 30.3 Å². The van der Waals surface area contributed by atoms with Crippen LogP contribution in [-0.2, 0) is 10.0 Å². The summed E-state index contributed by atoms with van der Waals surface area (Å²) in [6, 6.07) is 13.9. The summed E-state index contributed by atoms with van der Waals surface area (Å²) in [6.45, 7) is 1.69. The molecular weight excluding hydrogens is 374 g/mol. The van der Waals surface area contributed by atoms with Gasteiger partial charge < -0.3 is 9.64 Å². The van der Waals surface area contributed by atoms with Crippen LogP contribution in [0.3, 0.4) is 0 Å². The summed E-state index contributed by atoms with van der Waals surface area (Å²) in [7, 11) is -2.17. The van der Waals surface area contributed by atoms with Crippen LogP contribution in [0.15, 0.2) is 47.4 Å². The maximum Gasteiger partial charge on any atom is 0.244 e. The van der Waals surface area contributed by atoms with Gasteiger partial charge in [-0.15, -0.1) is 0 Å². The number of nitriles is 1. The molecule has 1 saturated heterocycles. The summed E-state index contributed by atoms with van der Waals surface area (Å²) < 4.78 is 32.7. The van der Waals surface area contributed by atoms with E-state index < -0.39 is 10.0 Å². The van der Waals surface area contributed by atoms with Crippen LogP contribution < -0.4 is 9.64 Å². The number of hydrogen-bond donors (Lipinski definition) is 0. The zero-order chi connectivity index (χ0) is 18.7. The molecule has 0 aromatic heterocycles. The van der Waals surface area contributed by atoms with Crippen molar-refractivity contribution < 1.29 is 13.2 Å². The highest BCUT2D eigenvalue weighted by atomic mass is 35.5. The first-order chi connectivity index (χ1) is 12.5. The Labute approximate surface area is 158 Å². The van der Waals surface area contributed by atoms with Gasteiger partial charge in [-0.25, -0.2) is 8.42 Å². The van der Waals surface area contributed by atoms with E-state index in [0.717, 1.165) is 11.4 Å². The molecule has 0 saturated carbocycles. The number of rotatable bonds is 4. The molecule has 0 aliphatic carbocycles. The molecule has 136 valence electrons. The minimum absolute atomic E-state index is 0.0433. The van der Waals surface area contributed by atoms with Gasteiger partial charge >= 0.3 is 0 Å². The zero-order valence-electron chi connectivity index (χ0n) is 14.2. The van der Waals surface area contributed by atoms with Crippen molar-refractivity contribution in [3.63, 3.8) is 0 Å². The van der Waals surface area contributed by atoms with E-state index in [1.807, 2.05) is 30.3 Å². The van der Waals surface area contributed by atoms with Crippen molar-refractivity contribution in [2.45, 2.75) is 4.90 Å². The van der Waals surface area contributed by atoms with Gasteiger partial charge in [-0.2, -0.15) is 9.57 Å². The third-order valence-electron chi connectivity index (χ3n) is 4.35. The number of halogens is 1. The summed E-state index contributed by atoms with van der Waals surface area (Å²) in [5.41, 5.74) is 1.04. The number of sulfonamides is 1. The first-order valence-electron chi connectivity index (χ1n) is 8.05. The molecule has 0 atom stereocenters. The Balaban J connectivity index is 1.82. The van der Waals surface area contributed by atoms with Crippen molar-refractivity contribution in [3.8, 4) is 11.8 Å². The van der Waals surface area contributed by atoms with E-state index in [1.54, 1.807) is 7.11 Å². The second-order valence-corrected chi connectivity index (χ2v) is 8.16. The lowest BCUT2D eigenvalue weighted by Gasteiger charge is -2.36. The largest absolute Gasteiger partial charge is 0.495 e. The molecule has 6 nitrogen and oxygen atoms in total. The van der Waals surface area contributed by atoms with Gasteiger partial charge in [0.15, 0.2) is 0 Å². The number of methoxy groups -OCH3 is 1. The quantitative estimate of drug-likeness (QED) is 0.801. The van der Waals surface area contributed by atoms with Gasteiger partial charge in [0.1, 0.15) is 16.7 Å². The highest BCUT2D eigenvalue weighted by molar-refractivity contribution is 7.89. The van der Waals surface area contributed by atoms with Crippen LogP contribution in [0.2, 0.25) is 5.02 Å². The number of piperazine rings is 1. The number of nitrogens with zero attached hydrogens (tertiary/aromatic N) is 3. The van der Waals surface area contributed by atoms with E-state index in [1.165, 1.54) is 22.5 Å². The van der Waals surface area contributed by atoms with Crippen molar-refractivity contribution in [1.82, 2.24) is 4.31 Å². The molecule has 0 radical (unpaired) electrons. The number of benzene rings is 2. The number of anilines is 1. The van der Waals surface area contributed by atoms with Gasteiger partial charge in [-0.1, -0.05) is 23.7 Å². The van der Waals surface area contributed by atoms with Crippen molar-refractivity contribution in [2.24, 2.45) is 0 Å². The van der Waals surface area contributed by atoms with Gasteiger partial charge in [-0.3, -0.25) is 0 Å². The fourth-order valence-electron chi connectivity index (χ4n) is 3.00. The molecule has 0 bridgehead atoms. The Bertz CT molecular complexity index is 948. The summed E-state index contributed by atoms with van der Waals surface area (Å²) in [4.78, 5) is 2.05. The van der Waals surface area contributed by atoms with Crippen LogP contribution in [-0.4, -0.2) is 46.0 Å². The molecular formula is C18H18ClN3O3S. The summed E-state index contributed by atoms with van der Waals surface area (Å²) in [6.07, 6.45) is 0. The van der Waals surface area contributed by atoms with Crippen LogP contribution in [0, 0.1) is 11.3 Å². The summed E-state index contributed by atoms with van der Waals surface area (Å²) in [5, 5.41) is 9.51. The predicted octanol–water partition coefficient (Wildman–Crippen LogP) is 2.73. The van der Waals surface area contributed by atoms with E-state index in [4.69, 9.17) is 16.3 Å². The van der Waals surface area contributed by atoms with Crippen molar-refractivity contribution in [2.75, 3.05) is 38.2 Å².